The second-order valence-electron chi connectivity index (χ2n) is 5.34. The number of rotatable bonds is 4. The van der Waals surface area contributed by atoms with Crippen molar-refractivity contribution in [1.82, 2.24) is 10.1 Å². The van der Waals surface area contributed by atoms with Crippen LogP contribution >= 0.6 is 11.6 Å². The van der Waals surface area contributed by atoms with Crippen molar-refractivity contribution in [3.63, 3.8) is 0 Å². The van der Waals surface area contributed by atoms with Crippen LogP contribution in [0, 0.1) is 0 Å². The number of halogens is 1. The third-order valence-corrected chi connectivity index (χ3v) is 4.15. The number of hydrogen-bond donors (Lipinski definition) is 0. The van der Waals surface area contributed by atoms with Crippen LogP contribution in [-0.2, 0) is 16.1 Å². The van der Waals surface area contributed by atoms with Crippen molar-refractivity contribution in [3.05, 3.63) is 41.1 Å². The maximum absolute atomic E-state index is 11.8. The zero-order valence-corrected chi connectivity index (χ0v) is 13.0. The first-order valence-electron chi connectivity index (χ1n) is 7.21. The Labute approximate surface area is 133 Å². The minimum absolute atomic E-state index is 0.185. The quantitative estimate of drug-likeness (QED) is 0.810. The predicted molar refractivity (Wildman–Crippen MR) is 82.4 cm³/mol. The second-order valence-corrected chi connectivity index (χ2v) is 5.77. The number of benzene rings is 1. The molecule has 0 saturated carbocycles. The molecule has 1 atom stereocenters. The molecule has 1 fully saturated rings. The lowest BCUT2D eigenvalue weighted by Crippen LogP contribution is -2.36. The highest BCUT2D eigenvalue weighted by atomic mass is 35.5. The van der Waals surface area contributed by atoms with E-state index in [1.165, 1.54) is 7.11 Å². The molecule has 1 unspecified atom stereocenters. The van der Waals surface area contributed by atoms with Gasteiger partial charge in [0.25, 0.3) is 0 Å². The molecule has 1 aromatic heterocycles. The standard InChI is InChI=1S/C16H17ClN2O3/c1-21-16(20)15-3-2-8-19(15)10-13-9-14(18-22-13)11-4-6-12(17)7-5-11/h4-7,9,15H,2-3,8,10H2,1H3. The molecule has 0 radical (unpaired) electrons. The fourth-order valence-corrected chi connectivity index (χ4v) is 2.89. The number of hydrogen-bond acceptors (Lipinski definition) is 5. The first-order valence-corrected chi connectivity index (χ1v) is 7.58. The molecule has 1 aromatic carbocycles. The second kappa shape index (κ2) is 6.50. The summed E-state index contributed by atoms with van der Waals surface area (Å²) >= 11 is 5.88. The maximum Gasteiger partial charge on any atom is 0.323 e. The van der Waals surface area contributed by atoms with E-state index in [0.29, 0.717) is 11.6 Å². The lowest BCUT2D eigenvalue weighted by atomic mass is 10.1. The number of esters is 1. The van der Waals surface area contributed by atoms with E-state index in [2.05, 4.69) is 10.1 Å². The van der Waals surface area contributed by atoms with Gasteiger partial charge in [-0.15, -0.1) is 0 Å². The van der Waals surface area contributed by atoms with Crippen LogP contribution in [0.4, 0.5) is 0 Å². The molecule has 2 aromatic rings. The Morgan fingerprint density at radius 1 is 1.45 bits per heavy atom. The number of carbonyl (C=O) groups is 1. The minimum atomic E-state index is -0.186. The molecule has 0 amide bonds. The van der Waals surface area contributed by atoms with Gasteiger partial charge in [0.05, 0.1) is 13.7 Å². The summed E-state index contributed by atoms with van der Waals surface area (Å²) in [4.78, 5) is 13.8. The predicted octanol–water partition coefficient (Wildman–Crippen LogP) is 3.13. The Hall–Kier alpha value is -1.85. The SMILES string of the molecule is COC(=O)C1CCCN1Cc1cc(-c2ccc(Cl)cc2)no1. The number of ether oxygens (including phenoxy) is 1. The van der Waals surface area contributed by atoms with E-state index in [-0.39, 0.29) is 12.0 Å². The summed E-state index contributed by atoms with van der Waals surface area (Å²) in [7, 11) is 1.42. The van der Waals surface area contributed by atoms with Crippen LogP contribution in [0.15, 0.2) is 34.9 Å². The maximum atomic E-state index is 11.8. The van der Waals surface area contributed by atoms with Crippen LogP contribution in [0.3, 0.4) is 0 Å². The first-order chi connectivity index (χ1) is 10.7. The molecule has 3 rings (SSSR count). The molecule has 2 heterocycles. The van der Waals surface area contributed by atoms with Crippen molar-refractivity contribution < 1.29 is 14.1 Å². The molecule has 0 bridgehead atoms. The monoisotopic (exact) mass is 320 g/mol. The Kier molecular flexibility index (Phi) is 4.45. The first kappa shape index (κ1) is 15.1. The van der Waals surface area contributed by atoms with Crippen LogP contribution in [0.25, 0.3) is 11.3 Å². The summed E-state index contributed by atoms with van der Waals surface area (Å²) in [6.07, 6.45) is 1.81. The van der Waals surface area contributed by atoms with Crippen LogP contribution in [0.2, 0.25) is 5.02 Å². The van der Waals surface area contributed by atoms with Gasteiger partial charge in [0.1, 0.15) is 11.7 Å². The van der Waals surface area contributed by atoms with Gasteiger partial charge < -0.3 is 9.26 Å². The average molecular weight is 321 g/mol. The molecule has 0 spiro atoms. The van der Waals surface area contributed by atoms with Gasteiger partial charge in [0.2, 0.25) is 0 Å². The lowest BCUT2D eigenvalue weighted by Gasteiger charge is -2.20. The van der Waals surface area contributed by atoms with E-state index < -0.39 is 0 Å². The van der Waals surface area contributed by atoms with Crippen LogP contribution in [-0.4, -0.2) is 35.7 Å². The summed E-state index contributed by atoms with van der Waals surface area (Å²) in [6, 6.07) is 9.15. The van der Waals surface area contributed by atoms with Gasteiger partial charge in [0, 0.05) is 16.7 Å². The molecule has 6 heteroatoms. The minimum Gasteiger partial charge on any atom is -0.468 e. The van der Waals surface area contributed by atoms with Crippen molar-refractivity contribution >= 4 is 17.6 Å². The number of methoxy groups -OCH3 is 1. The summed E-state index contributed by atoms with van der Waals surface area (Å²) < 4.78 is 10.2. The van der Waals surface area contributed by atoms with Crippen LogP contribution < -0.4 is 0 Å². The fraction of sp³-hybridized carbons (Fsp3) is 0.375. The number of carbonyl (C=O) groups excluding carboxylic acids is 1. The molecule has 1 aliphatic heterocycles. The molecule has 5 nitrogen and oxygen atoms in total. The topological polar surface area (TPSA) is 55.6 Å². The third kappa shape index (κ3) is 3.15. The van der Waals surface area contributed by atoms with Gasteiger partial charge in [0.15, 0.2) is 5.76 Å². The normalized spacial score (nSPS) is 18.5. The molecule has 0 aliphatic carbocycles. The van der Waals surface area contributed by atoms with Crippen molar-refractivity contribution in [1.29, 1.82) is 0 Å². The van der Waals surface area contributed by atoms with E-state index in [4.69, 9.17) is 20.9 Å². The van der Waals surface area contributed by atoms with Crippen LogP contribution in [0.1, 0.15) is 18.6 Å². The van der Waals surface area contributed by atoms with Gasteiger partial charge in [-0.2, -0.15) is 0 Å². The van der Waals surface area contributed by atoms with E-state index in [1.807, 2.05) is 30.3 Å². The largest absolute Gasteiger partial charge is 0.468 e. The Bertz CT molecular complexity index is 654. The fourth-order valence-electron chi connectivity index (χ4n) is 2.76. The lowest BCUT2D eigenvalue weighted by molar-refractivity contribution is -0.146. The molecule has 22 heavy (non-hydrogen) atoms. The highest BCUT2D eigenvalue weighted by molar-refractivity contribution is 6.30. The average Bonchev–Trinajstić information content (AvgIpc) is 3.17. The van der Waals surface area contributed by atoms with Gasteiger partial charge in [-0.1, -0.05) is 28.9 Å². The van der Waals surface area contributed by atoms with Crippen molar-refractivity contribution in [2.24, 2.45) is 0 Å². The third-order valence-electron chi connectivity index (χ3n) is 3.89. The van der Waals surface area contributed by atoms with Crippen molar-refractivity contribution in [3.8, 4) is 11.3 Å². The molecule has 0 N–H and O–H groups in total. The van der Waals surface area contributed by atoms with E-state index in [0.717, 1.165) is 36.4 Å². The zero-order chi connectivity index (χ0) is 15.5. The highest BCUT2D eigenvalue weighted by Crippen LogP contribution is 2.25. The Morgan fingerprint density at radius 2 is 2.23 bits per heavy atom. The smallest absolute Gasteiger partial charge is 0.323 e. The summed E-state index contributed by atoms with van der Waals surface area (Å²) in [5.41, 5.74) is 1.71. The summed E-state index contributed by atoms with van der Waals surface area (Å²) in [6.45, 7) is 1.41. The summed E-state index contributed by atoms with van der Waals surface area (Å²) in [5.74, 6) is 0.552. The molecule has 116 valence electrons. The number of likely N-dealkylation sites (tertiary alicyclic amines) is 1. The molecule has 1 aliphatic rings. The zero-order valence-electron chi connectivity index (χ0n) is 12.3. The number of nitrogens with zero attached hydrogens (tertiary/aromatic N) is 2. The van der Waals surface area contributed by atoms with Crippen LogP contribution in [0.5, 0.6) is 0 Å². The van der Waals surface area contributed by atoms with E-state index in [1.54, 1.807) is 0 Å². The molecule has 1 saturated heterocycles. The van der Waals surface area contributed by atoms with Crippen molar-refractivity contribution in [2.75, 3.05) is 13.7 Å². The van der Waals surface area contributed by atoms with Gasteiger partial charge in [-0.05, 0) is 31.5 Å². The highest BCUT2D eigenvalue weighted by Gasteiger charge is 2.32. The molecular formula is C16H17ClN2O3. The van der Waals surface area contributed by atoms with Gasteiger partial charge >= 0.3 is 5.97 Å². The molecular weight excluding hydrogens is 304 g/mol. The van der Waals surface area contributed by atoms with Gasteiger partial charge in [-0.25, -0.2) is 0 Å². The number of aromatic nitrogens is 1. The summed E-state index contributed by atoms with van der Waals surface area (Å²) in [5, 5.41) is 4.77. The van der Waals surface area contributed by atoms with Crippen molar-refractivity contribution in [2.45, 2.75) is 25.4 Å². The van der Waals surface area contributed by atoms with E-state index in [9.17, 15) is 4.79 Å². The Morgan fingerprint density at radius 3 is 2.95 bits per heavy atom. The van der Waals surface area contributed by atoms with Gasteiger partial charge in [-0.3, -0.25) is 9.69 Å². The Balaban J connectivity index is 1.71. The van der Waals surface area contributed by atoms with E-state index >= 15 is 0 Å².